The first kappa shape index (κ1) is 16.8. The van der Waals surface area contributed by atoms with E-state index in [-0.39, 0.29) is 17.9 Å². The van der Waals surface area contributed by atoms with Crippen molar-refractivity contribution in [3.05, 3.63) is 42.1 Å². The fourth-order valence-electron chi connectivity index (χ4n) is 4.26. The van der Waals surface area contributed by atoms with Crippen LogP contribution >= 0.6 is 0 Å². The molecule has 1 aliphatic heterocycles. The van der Waals surface area contributed by atoms with Gasteiger partial charge in [-0.2, -0.15) is 0 Å². The number of likely N-dealkylation sites (tertiary alicyclic amines) is 1. The molecule has 1 aliphatic carbocycles. The van der Waals surface area contributed by atoms with Crippen molar-refractivity contribution in [3.63, 3.8) is 0 Å². The molecule has 2 aliphatic rings. The predicted octanol–water partition coefficient (Wildman–Crippen LogP) is 2.67. The van der Waals surface area contributed by atoms with E-state index >= 15 is 0 Å². The van der Waals surface area contributed by atoms with Crippen LogP contribution in [0.15, 0.2) is 40.9 Å². The topological polar surface area (TPSA) is 66.7 Å². The first-order valence-electron chi connectivity index (χ1n) is 9.06. The summed E-state index contributed by atoms with van der Waals surface area (Å²) in [5.41, 5.74) is 1.23. The molecule has 1 aromatic heterocycles. The summed E-state index contributed by atoms with van der Waals surface area (Å²) in [6.45, 7) is 0.796. The molecule has 0 unspecified atom stereocenters. The SMILES string of the molecule is CN1C[C@H]2C[C@@H](N(C)C(=O)c3cc(-c4ccccc4)on3)C[C@H]2CC1=O. The van der Waals surface area contributed by atoms with Crippen LogP contribution in [0.1, 0.15) is 29.8 Å². The molecular weight excluding hydrogens is 330 g/mol. The summed E-state index contributed by atoms with van der Waals surface area (Å²) in [6.07, 6.45) is 2.42. The lowest BCUT2D eigenvalue weighted by molar-refractivity contribution is -0.134. The van der Waals surface area contributed by atoms with Gasteiger partial charge in [0.2, 0.25) is 5.91 Å². The first-order chi connectivity index (χ1) is 12.5. The van der Waals surface area contributed by atoms with Crippen molar-refractivity contribution in [2.75, 3.05) is 20.6 Å². The molecular formula is C20H23N3O3. The van der Waals surface area contributed by atoms with E-state index in [2.05, 4.69) is 5.16 Å². The van der Waals surface area contributed by atoms with Crippen molar-refractivity contribution in [1.29, 1.82) is 0 Å². The minimum absolute atomic E-state index is 0.126. The van der Waals surface area contributed by atoms with Gasteiger partial charge in [0.25, 0.3) is 5.91 Å². The summed E-state index contributed by atoms with van der Waals surface area (Å²) in [6, 6.07) is 11.5. The molecule has 2 heterocycles. The molecule has 0 radical (unpaired) electrons. The number of benzene rings is 1. The first-order valence-corrected chi connectivity index (χ1v) is 9.06. The number of carbonyl (C=O) groups is 2. The van der Waals surface area contributed by atoms with Gasteiger partial charge in [0, 0.05) is 44.7 Å². The zero-order valence-corrected chi connectivity index (χ0v) is 15.1. The lowest BCUT2D eigenvalue weighted by atomic mass is 9.88. The average Bonchev–Trinajstić information content (AvgIpc) is 3.29. The van der Waals surface area contributed by atoms with Crippen molar-refractivity contribution in [2.24, 2.45) is 11.8 Å². The summed E-state index contributed by atoms with van der Waals surface area (Å²) in [4.78, 5) is 28.4. The van der Waals surface area contributed by atoms with E-state index < -0.39 is 0 Å². The van der Waals surface area contributed by atoms with Gasteiger partial charge < -0.3 is 14.3 Å². The molecule has 4 rings (SSSR count). The fraction of sp³-hybridized carbons (Fsp3) is 0.450. The normalized spacial score (nSPS) is 25.2. The van der Waals surface area contributed by atoms with Gasteiger partial charge in [-0.15, -0.1) is 0 Å². The Morgan fingerprint density at radius 3 is 2.73 bits per heavy atom. The molecule has 26 heavy (non-hydrogen) atoms. The van der Waals surface area contributed by atoms with Crippen LogP contribution in [0.4, 0.5) is 0 Å². The van der Waals surface area contributed by atoms with E-state index in [1.165, 1.54) is 0 Å². The Kier molecular flexibility index (Phi) is 4.26. The van der Waals surface area contributed by atoms with Crippen molar-refractivity contribution in [1.82, 2.24) is 15.0 Å². The molecule has 1 aromatic carbocycles. The van der Waals surface area contributed by atoms with Crippen LogP contribution in [0.2, 0.25) is 0 Å². The Morgan fingerprint density at radius 1 is 1.23 bits per heavy atom. The molecule has 2 aromatic rings. The van der Waals surface area contributed by atoms with Crippen LogP contribution in [0, 0.1) is 11.8 Å². The number of aromatic nitrogens is 1. The minimum atomic E-state index is -0.126. The fourth-order valence-corrected chi connectivity index (χ4v) is 4.26. The van der Waals surface area contributed by atoms with E-state index in [4.69, 9.17) is 4.52 Å². The molecule has 0 bridgehead atoms. The molecule has 2 fully saturated rings. The molecule has 1 saturated heterocycles. The molecule has 1 saturated carbocycles. The maximum Gasteiger partial charge on any atom is 0.276 e. The van der Waals surface area contributed by atoms with Crippen molar-refractivity contribution in [2.45, 2.75) is 25.3 Å². The Bertz CT molecular complexity index is 817. The number of carbonyl (C=O) groups excluding carboxylic acids is 2. The molecule has 0 N–H and O–H groups in total. The van der Waals surface area contributed by atoms with Crippen LogP contribution in [0.5, 0.6) is 0 Å². The van der Waals surface area contributed by atoms with Crippen molar-refractivity contribution < 1.29 is 14.1 Å². The zero-order valence-electron chi connectivity index (χ0n) is 15.1. The number of hydrogen-bond acceptors (Lipinski definition) is 4. The number of rotatable bonds is 3. The zero-order chi connectivity index (χ0) is 18.3. The summed E-state index contributed by atoms with van der Waals surface area (Å²) in [7, 11) is 3.69. The van der Waals surface area contributed by atoms with Gasteiger partial charge in [0.15, 0.2) is 11.5 Å². The minimum Gasteiger partial charge on any atom is -0.355 e. The number of fused-ring (bicyclic) bond motifs is 1. The number of amides is 2. The van der Waals surface area contributed by atoms with E-state index in [1.807, 2.05) is 49.3 Å². The largest absolute Gasteiger partial charge is 0.355 e. The van der Waals surface area contributed by atoms with Crippen LogP contribution in [0.25, 0.3) is 11.3 Å². The van der Waals surface area contributed by atoms with Gasteiger partial charge >= 0.3 is 0 Å². The van der Waals surface area contributed by atoms with Crippen LogP contribution in [-0.4, -0.2) is 53.5 Å². The highest BCUT2D eigenvalue weighted by Gasteiger charge is 2.42. The Labute approximate surface area is 152 Å². The lowest BCUT2D eigenvalue weighted by Crippen LogP contribution is -2.39. The second kappa shape index (κ2) is 6.59. The summed E-state index contributed by atoms with van der Waals surface area (Å²) in [5, 5.41) is 3.97. The quantitative estimate of drug-likeness (QED) is 0.851. The maximum atomic E-state index is 12.8. The third-order valence-electron chi connectivity index (χ3n) is 5.84. The second-order valence-electron chi connectivity index (χ2n) is 7.48. The van der Waals surface area contributed by atoms with Gasteiger partial charge in [-0.1, -0.05) is 35.5 Å². The van der Waals surface area contributed by atoms with Crippen molar-refractivity contribution >= 4 is 11.8 Å². The van der Waals surface area contributed by atoms with Gasteiger partial charge in [0.05, 0.1) is 0 Å². The molecule has 6 nitrogen and oxygen atoms in total. The lowest BCUT2D eigenvalue weighted by Gasteiger charge is -2.31. The second-order valence-corrected chi connectivity index (χ2v) is 7.48. The molecule has 2 amide bonds. The van der Waals surface area contributed by atoms with E-state index in [9.17, 15) is 9.59 Å². The van der Waals surface area contributed by atoms with Gasteiger partial charge in [-0.05, 0) is 24.7 Å². The smallest absolute Gasteiger partial charge is 0.276 e. The van der Waals surface area contributed by atoms with Crippen LogP contribution in [-0.2, 0) is 4.79 Å². The van der Waals surface area contributed by atoms with Crippen LogP contribution in [0.3, 0.4) is 0 Å². The number of piperidine rings is 1. The standard InChI is InChI=1S/C20H23N3O3/c1-22-12-15-9-16(8-14(15)10-19(22)24)23(2)20(25)17-11-18(26-21-17)13-6-4-3-5-7-13/h3-7,11,14-16H,8-10,12H2,1-2H3/t14-,15+,16-/m0/s1. The van der Waals surface area contributed by atoms with Crippen molar-refractivity contribution in [3.8, 4) is 11.3 Å². The third kappa shape index (κ3) is 3.00. The highest BCUT2D eigenvalue weighted by atomic mass is 16.5. The summed E-state index contributed by atoms with van der Waals surface area (Å²) >= 11 is 0. The average molecular weight is 353 g/mol. The Morgan fingerprint density at radius 2 is 1.96 bits per heavy atom. The van der Waals surface area contributed by atoms with Gasteiger partial charge in [0.1, 0.15) is 0 Å². The van der Waals surface area contributed by atoms with E-state index in [0.717, 1.165) is 24.9 Å². The van der Waals surface area contributed by atoms with E-state index in [0.29, 0.717) is 29.7 Å². The van der Waals surface area contributed by atoms with E-state index in [1.54, 1.807) is 11.0 Å². The molecule has 6 heteroatoms. The summed E-state index contributed by atoms with van der Waals surface area (Å²) in [5.74, 6) is 1.55. The third-order valence-corrected chi connectivity index (χ3v) is 5.84. The number of hydrogen-bond donors (Lipinski definition) is 0. The summed E-state index contributed by atoms with van der Waals surface area (Å²) < 4.78 is 5.36. The van der Waals surface area contributed by atoms with Gasteiger partial charge in [-0.3, -0.25) is 9.59 Å². The maximum absolute atomic E-state index is 12.8. The Balaban J connectivity index is 1.46. The number of nitrogens with zero attached hydrogens (tertiary/aromatic N) is 3. The molecule has 3 atom stereocenters. The van der Waals surface area contributed by atoms with Gasteiger partial charge in [-0.25, -0.2) is 0 Å². The van der Waals surface area contributed by atoms with Crippen LogP contribution < -0.4 is 0 Å². The molecule has 136 valence electrons. The highest BCUT2D eigenvalue weighted by molar-refractivity contribution is 5.93. The molecule has 0 spiro atoms. The Hall–Kier alpha value is -2.63. The highest BCUT2D eigenvalue weighted by Crippen LogP contribution is 2.40. The predicted molar refractivity (Wildman–Crippen MR) is 96.3 cm³/mol. The monoisotopic (exact) mass is 353 g/mol.